The van der Waals surface area contributed by atoms with Gasteiger partial charge < -0.3 is 14.6 Å². The quantitative estimate of drug-likeness (QED) is 0.531. The molecule has 1 atom stereocenters. The van der Waals surface area contributed by atoms with Gasteiger partial charge in [-0.3, -0.25) is 0 Å². The van der Waals surface area contributed by atoms with Gasteiger partial charge >= 0.3 is 11.8 Å². The molecule has 0 aromatic heterocycles. The normalized spacial score (nSPS) is 17.6. The Morgan fingerprint density at radius 2 is 1.50 bits per heavy atom. The predicted molar refractivity (Wildman–Crippen MR) is 103 cm³/mol. The van der Waals surface area contributed by atoms with Crippen LogP contribution in [0.3, 0.4) is 0 Å². The molecule has 0 saturated heterocycles. The van der Waals surface area contributed by atoms with Crippen molar-refractivity contribution < 1.29 is 23.8 Å². The molecule has 1 N–H and O–H groups in total. The van der Waals surface area contributed by atoms with Gasteiger partial charge in [0.1, 0.15) is 5.82 Å². The first-order valence-corrected chi connectivity index (χ1v) is 9.10. The van der Waals surface area contributed by atoms with Crippen molar-refractivity contribution in [2.24, 2.45) is 0 Å². The molecule has 0 bridgehead atoms. The molecule has 1 unspecified atom stereocenters. The third kappa shape index (κ3) is 3.05. The highest BCUT2D eigenvalue weighted by molar-refractivity contribution is 6.35. The number of hydrogen-bond acceptors (Lipinski definition) is 3. The lowest BCUT2D eigenvalue weighted by Crippen LogP contribution is -2.37. The summed E-state index contributed by atoms with van der Waals surface area (Å²) >= 11 is 18.4. The van der Waals surface area contributed by atoms with Crippen LogP contribution in [-0.4, -0.2) is 11.1 Å². The van der Waals surface area contributed by atoms with Gasteiger partial charge in [0, 0.05) is 27.7 Å². The molecule has 0 amide bonds. The van der Waals surface area contributed by atoms with E-state index in [9.17, 15) is 14.3 Å². The summed E-state index contributed by atoms with van der Waals surface area (Å²) in [6.45, 7) is 0. The van der Waals surface area contributed by atoms with E-state index in [0.717, 1.165) is 12.1 Å². The second-order valence-electron chi connectivity index (χ2n) is 6.04. The number of carboxylic acids is 1. The van der Waals surface area contributed by atoms with E-state index in [4.69, 9.17) is 44.3 Å². The van der Waals surface area contributed by atoms with Crippen LogP contribution in [0.25, 0.3) is 0 Å². The van der Waals surface area contributed by atoms with E-state index >= 15 is 0 Å². The Balaban J connectivity index is 1.92. The van der Waals surface area contributed by atoms with Gasteiger partial charge in [-0.2, -0.15) is 0 Å². The van der Waals surface area contributed by atoms with Gasteiger partial charge in [0.25, 0.3) is 0 Å². The molecule has 1 heterocycles. The number of carbonyl (C=O) groups is 1. The number of benzene rings is 3. The summed E-state index contributed by atoms with van der Waals surface area (Å²) in [5.74, 6) is -3.82. The fraction of sp³-hybridized carbons (Fsp3) is 0.0500. The molecule has 1 aliphatic rings. The van der Waals surface area contributed by atoms with E-state index in [1.807, 2.05) is 0 Å². The van der Waals surface area contributed by atoms with Gasteiger partial charge in [-0.15, -0.1) is 0 Å². The second kappa shape index (κ2) is 6.85. The van der Waals surface area contributed by atoms with Crippen molar-refractivity contribution in [3.05, 3.63) is 92.2 Å². The van der Waals surface area contributed by atoms with Crippen molar-refractivity contribution in [3.63, 3.8) is 0 Å². The first-order chi connectivity index (χ1) is 13.3. The number of fused-ring (bicyclic) bond motifs is 1. The largest absolute Gasteiger partial charge is 0.478 e. The summed E-state index contributed by atoms with van der Waals surface area (Å²) in [6, 6.07) is 13.4. The van der Waals surface area contributed by atoms with Crippen LogP contribution in [0.15, 0.2) is 54.6 Å². The monoisotopic (exact) mass is 438 g/mol. The zero-order chi connectivity index (χ0) is 20.1. The van der Waals surface area contributed by atoms with E-state index in [1.54, 1.807) is 36.4 Å². The molecule has 3 aromatic carbocycles. The highest BCUT2D eigenvalue weighted by Crippen LogP contribution is 2.50. The van der Waals surface area contributed by atoms with Gasteiger partial charge in [-0.1, -0.05) is 34.8 Å². The van der Waals surface area contributed by atoms with Crippen molar-refractivity contribution in [2.45, 2.75) is 5.79 Å². The Kier molecular flexibility index (Phi) is 4.62. The third-order valence-electron chi connectivity index (χ3n) is 4.28. The van der Waals surface area contributed by atoms with Crippen LogP contribution in [0, 0.1) is 5.82 Å². The van der Waals surface area contributed by atoms with Gasteiger partial charge in [0.15, 0.2) is 11.5 Å². The molecule has 4 rings (SSSR count). The van der Waals surface area contributed by atoms with E-state index in [1.165, 1.54) is 6.07 Å². The summed E-state index contributed by atoms with van der Waals surface area (Å²) in [5, 5.41) is 10.3. The summed E-state index contributed by atoms with van der Waals surface area (Å²) < 4.78 is 26.2. The average molecular weight is 440 g/mol. The highest BCUT2D eigenvalue weighted by atomic mass is 35.5. The van der Waals surface area contributed by atoms with E-state index < -0.39 is 23.1 Å². The predicted octanol–water partition coefficient (Wildman–Crippen LogP) is 6.16. The van der Waals surface area contributed by atoms with Crippen LogP contribution < -0.4 is 9.47 Å². The Morgan fingerprint density at radius 1 is 0.893 bits per heavy atom. The van der Waals surface area contributed by atoms with Crippen LogP contribution in [0.5, 0.6) is 11.5 Å². The molecule has 3 aromatic rings. The maximum atomic E-state index is 14.2. The van der Waals surface area contributed by atoms with E-state index in [-0.39, 0.29) is 16.5 Å². The summed E-state index contributed by atoms with van der Waals surface area (Å²) in [5.41, 5.74) is 0.403. The average Bonchev–Trinajstić information content (AvgIpc) is 3.00. The van der Waals surface area contributed by atoms with E-state index in [2.05, 4.69) is 0 Å². The number of ether oxygens (including phenoxy) is 2. The number of halogens is 4. The molecule has 0 saturated carbocycles. The number of rotatable bonds is 3. The lowest BCUT2D eigenvalue weighted by molar-refractivity contribution is -0.0458. The van der Waals surface area contributed by atoms with Crippen molar-refractivity contribution in [3.8, 4) is 11.5 Å². The van der Waals surface area contributed by atoms with Gasteiger partial charge in [0.2, 0.25) is 0 Å². The zero-order valence-electron chi connectivity index (χ0n) is 13.9. The minimum atomic E-state index is -1.57. The fourth-order valence-corrected chi connectivity index (χ4v) is 3.66. The number of hydrogen-bond donors (Lipinski definition) is 1. The molecule has 0 fully saturated rings. The Morgan fingerprint density at radius 3 is 2.11 bits per heavy atom. The fourth-order valence-electron chi connectivity index (χ4n) is 3.00. The van der Waals surface area contributed by atoms with Crippen LogP contribution in [0.1, 0.15) is 21.5 Å². The first-order valence-electron chi connectivity index (χ1n) is 7.96. The van der Waals surface area contributed by atoms with Crippen LogP contribution >= 0.6 is 34.8 Å². The summed E-state index contributed by atoms with van der Waals surface area (Å²) in [7, 11) is 0. The molecular weight excluding hydrogens is 430 g/mol. The standard InChI is InChI=1S/C20H10Cl3FO4/c21-11-3-1-10(2-4-11)20(14-6-5-12(22)7-15(14)23)27-17-8-13(19(25)26)16(24)9-18(17)28-20/h1-9H,(H,25,26). The van der Waals surface area contributed by atoms with E-state index in [0.29, 0.717) is 21.2 Å². The number of carboxylic acid groups (broad SMARTS) is 1. The molecule has 142 valence electrons. The lowest BCUT2D eigenvalue weighted by atomic mass is 9.97. The molecule has 0 aliphatic carbocycles. The molecule has 8 heteroatoms. The molecule has 28 heavy (non-hydrogen) atoms. The van der Waals surface area contributed by atoms with Crippen molar-refractivity contribution in [1.29, 1.82) is 0 Å². The summed E-state index contributed by atoms with van der Waals surface area (Å²) in [4.78, 5) is 11.3. The Labute approximate surface area is 174 Å². The minimum Gasteiger partial charge on any atom is -0.478 e. The molecular formula is C20H10Cl3FO4. The summed E-state index contributed by atoms with van der Waals surface area (Å²) in [6.07, 6.45) is 0. The SMILES string of the molecule is O=C(O)c1cc2c(cc1F)OC(c1ccc(Cl)cc1)(c1ccc(Cl)cc1Cl)O2. The van der Waals surface area contributed by atoms with Gasteiger partial charge in [-0.25, -0.2) is 9.18 Å². The zero-order valence-corrected chi connectivity index (χ0v) is 16.1. The Bertz CT molecular complexity index is 1100. The van der Waals surface area contributed by atoms with Crippen LogP contribution in [-0.2, 0) is 5.79 Å². The Hall–Kier alpha value is -2.47. The number of aromatic carboxylic acids is 1. The molecule has 0 radical (unpaired) electrons. The van der Waals surface area contributed by atoms with Crippen LogP contribution in [0.4, 0.5) is 4.39 Å². The maximum Gasteiger partial charge on any atom is 0.338 e. The maximum absolute atomic E-state index is 14.2. The third-order valence-corrected chi connectivity index (χ3v) is 5.08. The van der Waals surface area contributed by atoms with Crippen molar-refractivity contribution in [2.75, 3.05) is 0 Å². The lowest BCUT2D eigenvalue weighted by Gasteiger charge is -2.29. The van der Waals surface area contributed by atoms with Crippen LogP contribution in [0.2, 0.25) is 15.1 Å². The molecule has 1 aliphatic heterocycles. The smallest absolute Gasteiger partial charge is 0.338 e. The van der Waals surface area contributed by atoms with Crippen molar-refractivity contribution >= 4 is 40.8 Å². The molecule has 4 nitrogen and oxygen atoms in total. The first kappa shape index (κ1) is 18.9. The second-order valence-corrected chi connectivity index (χ2v) is 7.32. The van der Waals surface area contributed by atoms with Crippen molar-refractivity contribution in [1.82, 2.24) is 0 Å². The van der Waals surface area contributed by atoms with Gasteiger partial charge in [0.05, 0.1) is 16.1 Å². The molecule has 0 spiro atoms. The highest BCUT2D eigenvalue weighted by Gasteiger charge is 2.47. The minimum absolute atomic E-state index is 0.0449. The topological polar surface area (TPSA) is 55.8 Å². The van der Waals surface area contributed by atoms with Gasteiger partial charge in [-0.05, 0) is 42.5 Å².